The van der Waals surface area contributed by atoms with Crippen LogP contribution >= 0.6 is 0 Å². The molecule has 0 amide bonds. The Morgan fingerprint density at radius 1 is 1.17 bits per heavy atom. The van der Waals surface area contributed by atoms with Gasteiger partial charge in [0.05, 0.1) is 0 Å². The minimum absolute atomic E-state index is 0.444. The zero-order valence-corrected chi connectivity index (χ0v) is 16.5. The first-order valence-electron chi connectivity index (χ1n) is 9.77. The number of nitrogens with one attached hydrogen (secondary N) is 1. The van der Waals surface area contributed by atoms with Crippen LogP contribution in [0.3, 0.4) is 0 Å². The summed E-state index contributed by atoms with van der Waals surface area (Å²) in [6, 6.07) is 16.2. The molecule has 0 saturated heterocycles. The molecule has 2 aromatic heterocycles. The highest BCUT2D eigenvalue weighted by Crippen LogP contribution is 2.22. The fraction of sp³-hybridized carbons (Fsp3) is 0.273. The van der Waals surface area contributed by atoms with Crippen molar-refractivity contribution in [1.82, 2.24) is 25.3 Å². The topological polar surface area (TPSA) is 79.4 Å². The Morgan fingerprint density at radius 2 is 2.03 bits per heavy atom. The lowest BCUT2D eigenvalue weighted by Gasteiger charge is -2.29. The van der Waals surface area contributed by atoms with Crippen LogP contribution in [0.2, 0.25) is 0 Å². The maximum atomic E-state index is 5.30. The number of nitrogens with zero attached hydrogens (tertiary/aromatic N) is 5. The van der Waals surface area contributed by atoms with E-state index in [4.69, 9.17) is 4.52 Å². The van der Waals surface area contributed by atoms with Crippen LogP contribution in [-0.2, 0) is 6.42 Å². The average molecular weight is 388 g/mol. The molecule has 1 aliphatic heterocycles. The van der Waals surface area contributed by atoms with Gasteiger partial charge in [0, 0.05) is 39.3 Å². The molecule has 0 radical (unpaired) electrons. The van der Waals surface area contributed by atoms with Gasteiger partial charge in [0.25, 0.3) is 5.89 Å². The highest BCUT2D eigenvalue weighted by molar-refractivity contribution is 5.81. The van der Waals surface area contributed by atoms with Crippen LogP contribution in [0.1, 0.15) is 17.8 Å². The first kappa shape index (κ1) is 18.9. The van der Waals surface area contributed by atoms with Crippen molar-refractivity contribution in [3.8, 4) is 11.6 Å². The molecule has 0 fully saturated rings. The summed E-state index contributed by atoms with van der Waals surface area (Å²) in [5.74, 6) is 1.99. The van der Waals surface area contributed by atoms with Gasteiger partial charge in [-0.1, -0.05) is 47.6 Å². The number of pyridine rings is 1. The van der Waals surface area contributed by atoms with E-state index < -0.39 is 0 Å². The molecule has 1 aromatic carbocycles. The molecule has 0 spiro atoms. The van der Waals surface area contributed by atoms with E-state index in [0.717, 1.165) is 25.5 Å². The molecule has 0 aliphatic carbocycles. The number of hydrogen-bond donors (Lipinski definition) is 1. The molecule has 0 saturated carbocycles. The summed E-state index contributed by atoms with van der Waals surface area (Å²) in [5.41, 5.74) is 3.38. The first-order valence-corrected chi connectivity index (χ1v) is 9.77. The summed E-state index contributed by atoms with van der Waals surface area (Å²) in [6.07, 6.45) is 5.64. The highest BCUT2D eigenvalue weighted by Gasteiger charge is 2.16. The highest BCUT2D eigenvalue weighted by atomic mass is 16.5. The largest absolute Gasteiger partial charge is 0.356 e. The molecular formula is C22H24N6O. The second kappa shape index (κ2) is 9.14. The lowest BCUT2D eigenvalue weighted by molar-refractivity contribution is 0.419. The molecule has 0 atom stereocenters. The molecule has 0 bridgehead atoms. The molecule has 29 heavy (non-hydrogen) atoms. The van der Waals surface area contributed by atoms with E-state index in [0.29, 0.717) is 30.4 Å². The molecule has 7 heteroatoms. The van der Waals surface area contributed by atoms with Gasteiger partial charge >= 0.3 is 0 Å². The summed E-state index contributed by atoms with van der Waals surface area (Å²) in [4.78, 5) is 15.3. The van der Waals surface area contributed by atoms with Gasteiger partial charge in [0.2, 0.25) is 0 Å². The molecule has 3 aromatic rings. The molecule has 1 aliphatic rings. The minimum Gasteiger partial charge on any atom is -0.356 e. The maximum absolute atomic E-state index is 5.30. The van der Waals surface area contributed by atoms with E-state index in [-0.39, 0.29) is 0 Å². The van der Waals surface area contributed by atoms with Crippen molar-refractivity contribution in [1.29, 1.82) is 0 Å². The summed E-state index contributed by atoms with van der Waals surface area (Å²) < 4.78 is 5.30. The lowest BCUT2D eigenvalue weighted by Crippen LogP contribution is -2.44. The van der Waals surface area contributed by atoms with Crippen LogP contribution < -0.4 is 5.32 Å². The Bertz CT molecular complexity index is 981. The Balaban J connectivity index is 1.29. The third-order valence-corrected chi connectivity index (χ3v) is 4.85. The third kappa shape index (κ3) is 4.68. The number of benzene rings is 1. The number of aromatic nitrogens is 3. The number of guanidine groups is 1. The van der Waals surface area contributed by atoms with Gasteiger partial charge in [0.1, 0.15) is 5.69 Å². The van der Waals surface area contributed by atoms with Gasteiger partial charge in [-0.25, -0.2) is 0 Å². The molecule has 0 unspecified atom stereocenters. The SMILES string of the molecule is CN=C(NCCc1noc(-c2ccccn2)n1)N1CC=C(c2ccccc2)CC1. The van der Waals surface area contributed by atoms with Gasteiger partial charge in [-0.2, -0.15) is 4.98 Å². The van der Waals surface area contributed by atoms with Crippen molar-refractivity contribution in [2.75, 3.05) is 26.7 Å². The Labute approximate surface area is 170 Å². The van der Waals surface area contributed by atoms with Crippen LogP contribution in [0.15, 0.2) is 70.3 Å². The monoisotopic (exact) mass is 388 g/mol. The van der Waals surface area contributed by atoms with E-state index in [2.05, 4.69) is 60.7 Å². The first-order chi connectivity index (χ1) is 14.3. The molecule has 148 valence electrons. The summed E-state index contributed by atoms with van der Waals surface area (Å²) in [7, 11) is 1.81. The van der Waals surface area contributed by atoms with E-state index in [1.54, 1.807) is 6.20 Å². The van der Waals surface area contributed by atoms with Crippen LogP contribution in [0, 0.1) is 0 Å². The van der Waals surface area contributed by atoms with Crippen molar-refractivity contribution in [2.45, 2.75) is 12.8 Å². The second-order valence-electron chi connectivity index (χ2n) is 6.75. The van der Waals surface area contributed by atoms with Crippen molar-refractivity contribution in [2.24, 2.45) is 4.99 Å². The van der Waals surface area contributed by atoms with E-state index in [1.165, 1.54) is 11.1 Å². The van der Waals surface area contributed by atoms with E-state index >= 15 is 0 Å². The van der Waals surface area contributed by atoms with Crippen LogP contribution in [0.5, 0.6) is 0 Å². The Hall–Kier alpha value is -3.48. The van der Waals surface area contributed by atoms with Gasteiger partial charge in [-0.05, 0) is 29.7 Å². The van der Waals surface area contributed by atoms with Crippen LogP contribution in [0.25, 0.3) is 17.2 Å². The number of hydrogen-bond acceptors (Lipinski definition) is 5. The zero-order valence-electron chi connectivity index (χ0n) is 16.5. The third-order valence-electron chi connectivity index (χ3n) is 4.85. The zero-order chi connectivity index (χ0) is 19.9. The Morgan fingerprint density at radius 3 is 2.76 bits per heavy atom. The van der Waals surface area contributed by atoms with E-state index in [9.17, 15) is 0 Å². The molecule has 3 heterocycles. The van der Waals surface area contributed by atoms with Crippen LogP contribution in [-0.4, -0.2) is 52.7 Å². The second-order valence-corrected chi connectivity index (χ2v) is 6.75. The normalized spacial score (nSPS) is 14.6. The molecular weight excluding hydrogens is 364 g/mol. The van der Waals surface area contributed by atoms with Gasteiger partial charge < -0.3 is 14.7 Å². The van der Waals surface area contributed by atoms with Crippen LogP contribution in [0.4, 0.5) is 0 Å². The van der Waals surface area contributed by atoms with Gasteiger partial charge in [-0.15, -0.1) is 0 Å². The predicted molar refractivity (Wildman–Crippen MR) is 113 cm³/mol. The van der Waals surface area contributed by atoms with Crippen molar-refractivity contribution in [3.05, 3.63) is 72.2 Å². The summed E-state index contributed by atoms with van der Waals surface area (Å²) >= 11 is 0. The van der Waals surface area contributed by atoms with Crippen molar-refractivity contribution < 1.29 is 4.52 Å². The van der Waals surface area contributed by atoms with Crippen molar-refractivity contribution >= 4 is 11.5 Å². The molecule has 7 nitrogen and oxygen atoms in total. The summed E-state index contributed by atoms with van der Waals surface area (Å²) in [5, 5.41) is 7.44. The van der Waals surface area contributed by atoms with Gasteiger partial charge in [-0.3, -0.25) is 9.98 Å². The standard InChI is InChI=1S/C22H24N6O/c1-23-22(28-15-11-18(12-16-28)17-7-3-2-4-8-17)25-14-10-20-26-21(29-27-20)19-9-5-6-13-24-19/h2-9,11,13H,10,12,14-16H2,1H3,(H,23,25). The molecule has 1 N–H and O–H groups in total. The minimum atomic E-state index is 0.444. The fourth-order valence-electron chi connectivity index (χ4n) is 3.34. The van der Waals surface area contributed by atoms with Gasteiger partial charge in [0.15, 0.2) is 11.8 Å². The predicted octanol–water partition coefficient (Wildman–Crippen LogP) is 3.04. The van der Waals surface area contributed by atoms with Crippen molar-refractivity contribution in [3.63, 3.8) is 0 Å². The number of rotatable bonds is 5. The fourth-order valence-corrected chi connectivity index (χ4v) is 3.34. The summed E-state index contributed by atoms with van der Waals surface area (Å²) in [6.45, 7) is 2.46. The Kier molecular flexibility index (Phi) is 5.95. The quantitative estimate of drug-likeness (QED) is 0.535. The number of aliphatic imine (C=N–C) groups is 1. The average Bonchev–Trinajstić information content (AvgIpc) is 3.27. The maximum Gasteiger partial charge on any atom is 0.276 e. The lowest BCUT2D eigenvalue weighted by atomic mass is 10.00. The molecule has 4 rings (SSSR count). The smallest absolute Gasteiger partial charge is 0.276 e. The van der Waals surface area contributed by atoms with E-state index in [1.807, 2.05) is 31.3 Å².